The van der Waals surface area contributed by atoms with E-state index in [2.05, 4.69) is 0 Å². The van der Waals surface area contributed by atoms with Crippen LogP contribution in [0.2, 0.25) is 0 Å². The summed E-state index contributed by atoms with van der Waals surface area (Å²) in [7, 11) is 1.69. The van der Waals surface area contributed by atoms with Crippen molar-refractivity contribution in [2.45, 2.75) is 0 Å². The Labute approximate surface area is 153 Å². The van der Waals surface area contributed by atoms with Gasteiger partial charge in [-0.1, -0.05) is 42.2 Å². The van der Waals surface area contributed by atoms with E-state index in [9.17, 15) is 14.7 Å². The molecule has 2 aromatic carbocycles. The predicted octanol–water partition coefficient (Wildman–Crippen LogP) is 3.14. The van der Waals surface area contributed by atoms with E-state index in [1.807, 2.05) is 24.3 Å². The summed E-state index contributed by atoms with van der Waals surface area (Å²) in [5, 5.41) is 9.43. The van der Waals surface area contributed by atoms with Gasteiger partial charge in [-0.25, -0.2) is 0 Å². The van der Waals surface area contributed by atoms with Crippen LogP contribution in [-0.4, -0.2) is 28.3 Å². The molecule has 0 atom stereocenters. The third kappa shape index (κ3) is 2.35. The zero-order valence-electron chi connectivity index (χ0n) is 13.1. The molecule has 0 aliphatic carbocycles. The van der Waals surface area contributed by atoms with Gasteiger partial charge in [0.25, 0.3) is 11.8 Å². The van der Waals surface area contributed by atoms with Crippen molar-refractivity contribution < 1.29 is 14.7 Å². The van der Waals surface area contributed by atoms with Gasteiger partial charge in [0.05, 0.1) is 21.9 Å². The molecule has 0 saturated carbocycles. The number of fused-ring (bicyclic) bond motifs is 1. The summed E-state index contributed by atoms with van der Waals surface area (Å²) in [4.78, 5) is 28.9. The molecular formula is C18H12N2O3S2. The van der Waals surface area contributed by atoms with Gasteiger partial charge in [0.15, 0.2) is 4.32 Å². The Morgan fingerprint density at radius 2 is 1.68 bits per heavy atom. The van der Waals surface area contributed by atoms with Crippen molar-refractivity contribution in [1.29, 1.82) is 0 Å². The molecule has 2 aromatic rings. The maximum absolute atomic E-state index is 13.0. The lowest BCUT2D eigenvalue weighted by Gasteiger charge is -2.14. The number of rotatable bonds is 1. The van der Waals surface area contributed by atoms with Crippen LogP contribution in [0.3, 0.4) is 0 Å². The summed E-state index contributed by atoms with van der Waals surface area (Å²) in [5.74, 6) is -0.435. The predicted molar refractivity (Wildman–Crippen MR) is 103 cm³/mol. The van der Waals surface area contributed by atoms with Crippen LogP contribution in [-0.2, 0) is 9.59 Å². The Morgan fingerprint density at radius 3 is 2.40 bits per heavy atom. The lowest BCUT2D eigenvalue weighted by atomic mass is 10.1. The number of nitrogens with zero attached hydrogens (tertiary/aromatic N) is 2. The van der Waals surface area contributed by atoms with Crippen LogP contribution in [0.25, 0.3) is 5.57 Å². The molecule has 2 heterocycles. The van der Waals surface area contributed by atoms with E-state index in [1.165, 1.54) is 21.9 Å². The average Bonchev–Trinajstić information content (AvgIpc) is 3.03. The van der Waals surface area contributed by atoms with Gasteiger partial charge >= 0.3 is 0 Å². The van der Waals surface area contributed by atoms with Gasteiger partial charge in [-0.3, -0.25) is 14.5 Å². The van der Waals surface area contributed by atoms with Gasteiger partial charge in [-0.2, -0.15) is 0 Å². The molecular weight excluding hydrogens is 356 g/mol. The second-order valence-corrected chi connectivity index (χ2v) is 7.25. The number of carbonyl (C=O) groups is 2. The summed E-state index contributed by atoms with van der Waals surface area (Å²) in [6.45, 7) is 0. The highest BCUT2D eigenvalue weighted by molar-refractivity contribution is 8.27. The summed E-state index contributed by atoms with van der Waals surface area (Å²) < 4.78 is 0.359. The van der Waals surface area contributed by atoms with Gasteiger partial charge in [0, 0.05) is 12.6 Å². The highest BCUT2D eigenvalue weighted by Gasteiger charge is 2.41. The standard InChI is InChI=1S/C18H12N2O3S2/c1-19-13-5-3-2-4-12(13)14(16(19)22)15-17(23)20(18(24)25-15)10-6-8-11(21)9-7-10/h2-9,21H,1H3/b15-14+. The first-order valence-corrected chi connectivity index (χ1v) is 8.68. The number of carbonyl (C=O) groups excluding carboxylic acids is 2. The zero-order chi connectivity index (χ0) is 17.7. The molecule has 1 N–H and O–H groups in total. The van der Waals surface area contributed by atoms with Crippen molar-refractivity contribution in [3.8, 4) is 5.75 Å². The molecule has 0 bridgehead atoms. The van der Waals surface area contributed by atoms with Crippen LogP contribution in [0.1, 0.15) is 5.56 Å². The van der Waals surface area contributed by atoms with Crippen LogP contribution < -0.4 is 9.80 Å². The van der Waals surface area contributed by atoms with E-state index in [-0.39, 0.29) is 17.6 Å². The van der Waals surface area contributed by atoms with Crippen molar-refractivity contribution >= 4 is 57.1 Å². The molecule has 2 amide bonds. The second-order valence-electron chi connectivity index (χ2n) is 5.61. The number of thioether (sulfide) groups is 1. The van der Waals surface area contributed by atoms with Gasteiger partial charge in [0.2, 0.25) is 0 Å². The molecule has 0 radical (unpaired) electrons. The van der Waals surface area contributed by atoms with Crippen molar-refractivity contribution in [3.05, 3.63) is 59.0 Å². The van der Waals surface area contributed by atoms with Gasteiger partial charge in [-0.15, -0.1) is 0 Å². The Morgan fingerprint density at radius 1 is 1.00 bits per heavy atom. The number of benzene rings is 2. The minimum absolute atomic E-state index is 0.106. The Kier molecular flexibility index (Phi) is 3.63. The number of phenols is 1. The molecule has 1 fully saturated rings. The smallest absolute Gasteiger partial charge is 0.271 e. The van der Waals surface area contributed by atoms with Crippen LogP contribution in [0.15, 0.2) is 53.4 Å². The first-order valence-electron chi connectivity index (χ1n) is 7.46. The quantitative estimate of drug-likeness (QED) is 0.619. The maximum atomic E-state index is 13.0. The largest absolute Gasteiger partial charge is 0.508 e. The summed E-state index contributed by atoms with van der Waals surface area (Å²) >= 11 is 6.48. The fraction of sp³-hybridized carbons (Fsp3) is 0.0556. The maximum Gasteiger partial charge on any atom is 0.271 e. The van der Waals surface area contributed by atoms with Gasteiger partial charge in [-0.05, 0) is 30.3 Å². The topological polar surface area (TPSA) is 60.9 Å². The molecule has 5 nitrogen and oxygen atoms in total. The lowest BCUT2D eigenvalue weighted by Crippen LogP contribution is -2.28. The number of amides is 2. The molecule has 25 heavy (non-hydrogen) atoms. The molecule has 2 aliphatic heterocycles. The molecule has 1 saturated heterocycles. The van der Waals surface area contributed by atoms with E-state index < -0.39 is 0 Å². The number of aromatic hydroxyl groups is 1. The van der Waals surface area contributed by atoms with E-state index >= 15 is 0 Å². The normalized spacial score (nSPS) is 19.8. The third-order valence-corrected chi connectivity index (χ3v) is 5.53. The van der Waals surface area contributed by atoms with Crippen LogP contribution in [0.4, 0.5) is 11.4 Å². The first-order chi connectivity index (χ1) is 12.0. The SMILES string of the molecule is CN1C(=O)/C(=C2/SC(=S)N(c3ccc(O)cc3)C2=O)c2ccccc21. The fourth-order valence-corrected chi connectivity index (χ4v) is 4.30. The number of para-hydroxylation sites is 1. The number of thiocarbonyl (C=S) groups is 1. The number of hydrogen-bond donors (Lipinski definition) is 1. The van der Waals surface area contributed by atoms with Gasteiger partial charge < -0.3 is 10.0 Å². The Balaban J connectivity index is 1.84. The molecule has 4 rings (SSSR count). The number of likely N-dealkylation sites (N-methyl/N-ethyl adjacent to an activating group) is 1. The van der Waals surface area contributed by atoms with Gasteiger partial charge in [0.1, 0.15) is 5.75 Å². The molecule has 2 aliphatic rings. The second kappa shape index (κ2) is 5.72. The third-order valence-electron chi connectivity index (χ3n) is 4.16. The number of hydrogen-bond acceptors (Lipinski definition) is 5. The molecule has 124 valence electrons. The molecule has 7 heteroatoms. The molecule has 0 spiro atoms. The minimum Gasteiger partial charge on any atom is -0.508 e. The zero-order valence-corrected chi connectivity index (χ0v) is 14.7. The fourth-order valence-electron chi connectivity index (χ4n) is 2.93. The Hall–Kier alpha value is -2.64. The molecule has 0 aromatic heterocycles. The van der Waals surface area contributed by atoms with Crippen LogP contribution in [0.5, 0.6) is 5.75 Å². The highest BCUT2D eigenvalue weighted by Crippen LogP contribution is 2.45. The summed E-state index contributed by atoms with van der Waals surface area (Å²) in [6.07, 6.45) is 0. The minimum atomic E-state index is -0.325. The highest BCUT2D eigenvalue weighted by atomic mass is 32.2. The van der Waals surface area contributed by atoms with E-state index in [1.54, 1.807) is 19.2 Å². The summed E-state index contributed by atoms with van der Waals surface area (Å²) in [5.41, 5.74) is 2.46. The van der Waals surface area contributed by atoms with E-state index in [0.29, 0.717) is 20.5 Å². The number of anilines is 2. The summed E-state index contributed by atoms with van der Waals surface area (Å²) in [6, 6.07) is 13.6. The number of phenolic OH excluding ortho intramolecular Hbond substituents is 1. The van der Waals surface area contributed by atoms with Crippen molar-refractivity contribution in [2.75, 3.05) is 16.8 Å². The average molecular weight is 368 g/mol. The Bertz CT molecular complexity index is 967. The van der Waals surface area contributed by atoms with Crippen molar-refractivity contribution in [2.24, 2.45) is 0 Å². The van der Waals surface area contributed by atoms with Crippen LogP contribution in [0, 0.1) is 0 Å². The van der Waals surface area contributed by atoms with E-state index in [0.717, 1.165) is 23.0 Å². The monoisotopic (exact) mass is 368 g/mol. The van der Waals surface area contributed by atoms with Crippen molar-refractivity contribution in [3.63, 3.8) is 0 Å². The molecule has 0 unspecified atom stereocenters. The lowest BCUT2D eigenvalue weighted by molar-refractivity contribution is -0.115. The van der Waals surface area contributed by atoms with Crippen LogP contribution >= 0.6 is 24.0 Å². The van der Waals surface area contributed by atoms with E-state index in [4.69, 9.17) is 12.2 Å². The van der Waals surface area contributed by atoms with Crippen molar-refractivity contribution in [1.82, 2.24) is 0 Å². The first kappa shape index (κ1) is 15.9.